The minimum absolute atomic E-state index is 0.00302. The maximum absolute atomic E-state index is 14.3. The Kier molecular flexibility index (Phi) is 7.47. The van der Waals surface area contributed by atoms with Crippen molar-refractivity contribution in [1.29, 1.82) is 0 Å². The maximum Gasteiger partial charge on any atom is 0.310 e. The molecule has 0 bridgehead atoms. The minimum atomic E-state index is -3.98. The molecule has 1 atom stereocenters. The highest BCUT2D eigenvalue weighted by molar-refractivity contribution is 7.90. The van der Waals surface area contributed by atoms with Crippen LogP contribution in [0.2, 0.25) is 5.02 Å². The molecular formula is C25H26ClFN2O5S. The number of likely N-dealkylation sites (tertiary alicyclic amines) is 1. The van der Waals surface area contributed by atoms with E-state index < -0.39 is 21.4 Å². The number of carbonyl (C=O) groups is 2. The summed E-state index contributed by atoms with van der Waals surface area (Å²) < 4.78 is 47.6. The van der Waals surface area contributed by atoms with E-state index in [9.17, 15) is 22.4 Å². The van der Waals surface area contributed by atoms with Gasteiger partial charge >= 0.3 is 5.97 Å². The highest BCUT2D eigenvalue weighted by Crippen LogP contribution is 2.31. The number of ether oxygens (including phenoxy) is 1. The molecule has 0 N–H and O–H groups in total. The summed E-state index contributed by atoms with van der Waals surface area (Å²) in [6.07, 6.45) is 2.76. The number of halogens is 2. The standard InChI is InChI=1S/C25H26ClFN2O5S/c1-2-34-25(31)17-7-6-12-28(13-17)24(30)15-29-14-23(18-8-3-4-11-22(18)29)35(32,33)16-19-20(26)9-5-10-21(19)27/h3-5,8-11,14,17H,2,6-7,12-13,15-16H2,1H3. The molecule has 1 amide bonds. The fourth-order valence-corrected chi connectivity index (χ4v) is 6.37. The van der Waals surface area contributed by atoms with Crippen molar-refractivity contribution in [3.63, 3.8) is 0 Å². The number of para-hydroxylation sites is 1. The van der Waals surface area contributed by atoms with Crippen LogP contribution in [-0.2, 0) is 36.5 Å². The van der Waals surface area contributed by atoms with Crippen LogP contribution in [0.1, 0.15) is 25.3 Å². The number of hydrogen-bond donors (Lipinski definition) is 0. The number of carbonyl (C=O) groups excluding carboxylic acids is 2. The van der Waals surface area contributed by atoms with E-state index in [1.807, 2.05) is 0 Å². The number of rotatable bonds is 7. The van der Waals surface area contributed by atoms with Gasteiger partial charge in [0, 0.05) is 40.8 Å². The van der Waals surface area contributed by atoms with Crippen molar-refractivity contribution >= 4 is 44.2 Å². The largest absolute Gasteiger partial charge is 0.466 e. The Bertz CT molecular complexity index is 1350. The number of piperidine rings is 1. The molecule has 1 fully saturated rings. The number of sulfone groups is 1. The van der Waals surface area contributed by atoms with E-state index in [1.165, 1.54) is 24.4 Å². The molecular weight excluding hydrogens is 495 g/mol. The topological polar surface area (TPSA) is 85.7 Å². The van der Waals surface area contributed by atoms with Crippen molar-refractivity contribution in [2.75, 3.05) is 19.7 Å². The molecule has 0 spiro atoms. The number of nitrogens with zero attached hydrogens (tertiary/aromatic N) is 2. The van der Waals surface area contributed by atoms with E-state index in [2.05, 4.69) is 0 Å². The quantitative estimate of drug-likeness (QED) is 0.436. The molecule has 7 nitrogen and oxygen atoms in total. The average Bonchev–Trinajstić information content (AvgIpc) is 3.21. The van der Waals surface area contributed by atoms with E-state index >= 15 is 0 Å². The second-order valence-electron chi connectivity index (χ2n) is 8.53. The smallest absolute Gasteiger partial charge is 0.310 e. The van der Waals surface area contributed by atoms with Crippen LogP contribution in [0, 0.1) is 11.7 Å². The van der Waals surface area contributed by atoms with E-state index in [0.29, 0.717) is 30.3 Å². The first-order chi connectivity index (χ1) is 16.7. The van der Waals surface area contributed by atoms with Crippen molar-refractivity contribution in [2.24, 2.45) is 5.92 Å². The lowest BCUT2D eigenvalue weighted by Crippen LogP contribution is -2.44. The van der Waals surface area contributed by atoms with Crippen molar-refractivity contribution in [1.82, 2.24) is 9.47 Å². The Morgan fingerprint density at radius 1 is 1.17 bits per heavy atom. The fourth-order valence-electron chi connectivity index (χ4n) is 4.43. The summed E-state index contributed by atoms with van der Waals surface area (Å²) in [7, 11) is -3.98. The van der Waals surface area contributed by atoms with Gasteiger partial charge in [-0.3, -0.25) is 9.59 Å². The lowest BCUT2D eigenvalue weighted by atomic mass is 9.98. The van der Waals surface area contributed by atoms with Crippen LogP contribution in [0.4, 0.5) is 4.39 Å². The monoisotopic (exact) mass is 520 g/mol. The van der Waals surface area contributed by atoms with Gasteiger partial charge in [-0.2, -0.15) is 0 Å². The molecule has 1 aliphatic rings. The third-order valence-corrected chi connectivity index (χ3v) is 8.20. The van der Waals surface area contributed by atoms with E-state index in [-0.39, 0.29) is 53.0 Å². The van der Waals surface area contributed by atoms with Crippen LogP contribution in [0.25, 0.3) is 10.9 Å². The first kappa shape index (κ1) is 25.2. The molecule has 1 saturated heterocycles. The number of benzene rings is 2. The van der Waals surface area contributed by atoms with Gasteiger partial charge in [0.25, 0.3) is 0 Å². The van der Waals surface area contributed by atoms with Crippen LogP contribution in [0.5, 0.6) is 0 Å². The van der Waals surface area contributed by atoms with Crippen LogP contribution in [-0.4, -0.2) is 49.5 Å². The van der Waals surface area contributed by atoms with E-state index in [1.54, 1.807) is 40.7 Å². The normalized spacial score (nSPS) is 16.4. The van der Waals surface area contributed by atoms with Crippen molar-refractivity contribution in [2.45, 2.75) is 37.0 Å². The summed E-state index contributed by atoms with van der Waals surface area (Å²) in [6, 6.07) is 10.9. The van der Waals surface area contributed by atoms with Gasteiger partial charge in [-0.1, -0.05) is 35.9 Å². The lowest BCUT2D eigenvalue weighted by molar-refractivity contribution is -0.151. The van der Waals surface area contributed by atoms with Crippen molar-refractivity contribution < 1.29 is 27.1 Å². The van der Waals surface area contributed by atoms with Gasteiger partial charge in [-0.15, -0.1) is 0 Å². The van der Waals surface area contributed by atoms with Crippen molar-refractivity contribution in [3.05, 3.63) is 65.1 Å². The summed E-state index contributed by atoms with van der Waals surface area (Å²) in [5, 5.41) is 0.476. The Morgan fingerprint density at radius 3 is 2.69 bits per heavy atom. The first-order valence-electron chi connectivity index (χ1n) is 11.4. The SMILES string of the molecule is CCOC(=O)C1CCCN(C(=O)Cn2cc(S(=O)(=O)Cc3c(F)cccc3Cl)c3ccccc32)C1. The third kappa shape index (κ3) is 5.36. The second kappa shape index (κ2) is 10.4. The summed E-state index contributed by atoms with van der Waals surface area (Å²) in [6.45, 7) is 2.73. The maximum atomic E-state index is 14.3. The third-order valence-electron chi connectivity index (χ3n) is 6.18. The van der Waals surface area contributed by atoms with Gasteiger partial charge in [0.05, 0.1) is 23.2 Å². The number of hydrogen-bond acceptors (Lipinski definition) is 5. The molecule has 1 unspecified atom stereocenters. The van der Waals surface area contributed by atoms with Crippen LogP contribution >= 0.6 is 11.6 Å². The Hall–Kier alpha value is -2.91. The number of amides is 1. The summed E-state index contributed by atoms with van der Waals surface area (Å²) in [5.41, 5.74) is 0.471. The predicted molar refractivity (Wildman–Crippen MR) is 130 cm³/mol. The molecule has 10 heteroatoms. The molecule has 3 aromatic rings. The molecule has 2 aromatic carbocycles. The Balaban J connectivity index is 1.61. The highest BCUT2D eigenvalue weighted by Gasteiger charge is 2.30. The van der Waals surface area contributed by atoms with Gasteiger partial charge in [0.2, 0.25) is 5.91 Å². The summed E-state index contributed by atoms with van der Waals surface area (Å²) >= 11 is 6.06. The molecule has 0 radical (unpaired) electrons. The zero-order valence-corrected chi connectivity index (χ0v) is 20.8. The van der Waals surface area contributed by atoms with Crippen LogP contribution in [0.15, 0.2) is 53.6 Å². The fraction of sp³-hybridized carbons (Fsp3) is 0.360. The predicted octanol–water partition coefficient (Wildman–Crippen LogP) is 4.21. The zero-order chi connectivity index (χ0) is 25.2. The van der Waals surface area contributed by atoms with Crippen LogP contribution < -0.4 is 0 Å². The second-order valence-corrected chi connectivity index (χ2v) is 10.9. The van der Waals surface area contributed by atoms with Gasteiger partial charge in [-0.05, 0) is 38.0 Å². The summed E-state index contributed by atoms with van der Waals surface area (Å²) in [5.74, 6) is -2.19. The van der Waals surface area contributed by atoms with Gasteiger partial charge in [-0.25, -0.2) is 12.8 Å². The summed E-state index contributed by atoms with van der Waals surface area (Å²) in [4.78, 5) is 26.9. The number of aromatic nitrogens is 1. The molecule has 1 aliphatic heterocycles. The molecule has 0 saturated carbocycles. The highest BCUT2D eigenvalue weighted by atomic mass is 35.5. The Labute approximate surface area is 208 Å². The Morgan fingerprint density at radius 2 is 1.94 bits per heavy atom. The molecule has 186 valence electrons. The zero-order valence-electron chi connectivity index (χ0n) is 19.2. The van der Waals surface area contributed by atoms with Gasteiger partial charge in [0.1, 0.15) is 12.4 Å². The van der Waals surface area contributed by atoms with Gasteiger partial charge < -0.3 is 14.2 Å². The van der Waals surface area contributed by atoms with E-state index in [4.69, 9.17) is 16.3 Å². The van der Waals surface area contributed by atoms with Crippen molar-refractivity contribution in [3.8, 4) is 0 Å². The average molecular weight is 521 g/mol. The molecule has 0 aliphatic carbocycles. The number of esters is 1. The first-order valence-corrected chi connectivity index (χ1v) is 13.4. The molecule has 35 heavy (non-hydrogen) atoms. The molecule has 4 rings (SSSR count). The molecule has 1 aromatic heterocycles. The number of fused-ring (bicyclic) bond motifs is 1. The van der Waals surface area contributed by atoms with E-state index in [0.717, 1.165) is 0 Å². The lowest BCUT2D eigenvalue weighted by Gasteiger charge is -2.31. The molecule has 2 heterocycles. The van der Waals surface area contributed by atoms with Crippen LogP contribution in [0.3, 0.4) is 0 Å². The van der Waals surface area contributed by atoms with Gasteiger partial charge in [0.15, 0.2) is 9.84 Å². The minimum Gasteiger partial charge on any atom is -0.466 e.